The van der Waals surface area contributed by atoms with Crippen molar-refractivity contribution in [1.82, 2.24) is 5.32 Å². The van der Waals surface area contributed by atoms with E-state index in [1.165, 1.54) is 25.4 Å². The Labute approximate surface area is 115 Å². The van der Waals surface area contributed by atoms with Gasteiger partial charge in [-0.15, -0.1) is 11.3 Å². The molecule has 0 radical (unpaired) electrons. The van der Waals surface area contributed by atoms with Gasteiger partial charge in [0.25, 0.3) is 0 Å². The normalized spacial score (nSPS) is 10.8. The SMILES string of the molecule is Cc1cc(C)cc(CNCc2ccc(Br)s2)c1. The van der Waals surface area contributed by atoms with Gasteiger partial charge in [-0.1, -0.05) is 29.3 Å². The molecule has 1 aromatic carbocycles. The number of hydrogen-bond donors (Lipinski definition) is 1. The number of aryl methyl sites for hydroxylation is 2. The van der Waals surface area contributed by atoms with Gasteiger partial charge in [0, 0.05) is 18.0 Å². The summed E-state index contributed by atoms with van der Waals surface area (Å²) in [5, 5.41) is 3.48. The molecule has 0 fully saturated rings. The van der Waals surface area contributed by atoms with Crippen molar-refractivity contribution in [2.45, 2.75) is 26.9 Å². The Morgan fingerprint density at radius 2 is 1.76 bits per heavy atom. The van der Waals surface area contributed by atoms with Crippen molar-refractivity contribution in [2.75, 3.05) is 0 Å². The summed E-state index contributed by atoms with van der Waals surface area (Å²) in [6, 6.07) is 10.9. The summed E-state index contributed by atoms with van der Waals surface area (Å²) in [5.41, 5.74) is 4.03. The fourth-order valence-corrected chi connectivity index (χ4v) is 3.40. The molecule has 0 saturated carbocycles. The Bertz CT molecular complexity index is 484. The highest BCUT2D eigenvalue weighted by molar-refractivity contribution is 9.11. The van der Waals surface area contributed by atoms with Gasteiger partial charge in [-0.2, -0.15) is 0 Å². The van der Waals surface area contributed by atoms with E-state index in [2.05, 4.69) is 65.4 Å². The highest BCUT2D eigenvalue weighted by Crippen LogP contribution is 2.21. The van der Waals surface area contributed by atoms with Gasteiger partial charge in [-0.25, -0.2) is 0 Å². The average molecular weight is 310 g/mol. The molecule has 0 aliphatic carbocycles. The third kappa shape index (κ3) is 3.95. The van der Waals surface area contributed by atoms with Crippen molar-refractivity contribution >= 4 is 27.3 Å². The predicted octanol–water partition coefficient (Wildman–Crippen LogP) is 4.42. The smallest absolute Gasteiger partial charge is 0.0701 e. The van der Waals surface area contributed by atoms with Gasteiger partial charge in [-0.05, 0) is 47.5 Å². The monoisotopic (exact) mass is 309 g/mol. The third-order valence-corrected chi connectivity index (χ3v) is 4.16. The van der Waals surface area contributed by atoms with Crippen LogP contribution in [0.15, 0.2) is 34.1 Å². The Morgan fingerprint density at radius 3 is 2.35 bits per heavy atom. The van der Waals surface area contributed by atoms with Gasteiger partial charge >= 0.3 is 0 Å². The Morgan fingerprint density at radius 1 is 1.06 bits per heavy atom. The average Bonchev–Trinajstić information content (AvgIpc) is 2.63. The summed E-state index contributed by atoms with van der Waals surface area (Å²) in [4.78, 5) is 1.36. The Hall–Kier alpha value is -0.640. The van der Waals surface area contributed by atoms with E-state index in [1.54, 1.807) is 11.3 Å². The maximum atomic E-state index is 3.48. The van der Waals surface area contributed by atoms with Gasteiger partial charge in [0.15, 0.2) is 0 Å². The van der Waals surface area contributed by atoms with Crippen LogP contribution in [0.4, 0.5) is 0 Å². The van der Waals surface area contributed by atoms with Crippen LogP contribution in [0.5, 0.6) is 0 Å². The molecule has 0 spiro atoms. The molecule has 1 N–H and O–H groups in total. The molecule has 0 atom stereocenters. The van der Waals surface area contributed by atoms with Crippen LogP contribution in [0.25, 0.3) is 0 Å². The molecule has 2 rings (SSSR count). The molecule has 0 unspecified atom stereocenters. The van der Waals surface area contributed by atoms with E-state index in [-0.39, 0.29) is 0 Å². The van der Waals surface area contributed by atoms with E-state index in [1.807, 2.05) is 0 Å². The zero-order valence-corrected chi connectivity index (χ0v) is 12.5. The lowest BCUT2D eigenvalue weighted by Gasteiger charge is -2.06. The summed E-state index contributed by atoms with van der Waals surface area (Å²) >= 11 is 5.26. The molecule has 1 heterocycles. The van der Waals surface area contributed by atoms with Crippen LogP contribution in [0, 0.1) is 13.8 Å². The van der Waals surface area contributed by atoms with E-state index in [4.69, 9.17) is 0 Å². The van der Waals surface area contributed by atoms with Crippen LogP contribution >= 0.6 is 27.3 Å². The van der Waals surface area contributed by atoms with Gasteiger partial charge in [0.2, 0.25) is 0 Å². The van der Waals surface area contributed by atoms with Gasteiger partial charge in [0.05, 0.1) is 3.79 Å². The summed E-state index contributed by atoms with van der Waals surface area (Å²) in [5.74, 6) is 0. The van der Waals surface area contributed by atoms with Crippen LogP contribution in [0.2, 0.25) is 0 Å². The highest BCUT2D eigenvalue weighted by atomic mass is 79.9. The topological polar surface area (TPSA) is 12.0 Å². The molecule has 1 nitrogen and oxygen atoms in total. The molecule has 3 heteroatoms. The van der Waals surface area contributed by atoms with Crippen molar-refractivity contribution < 1.29 is 0 Å². The maximum Gasteiger partial charge on any atom is 0.0701 e. The van der Waals surface area contributed by atoms with Crippen molar-refractivity contribution in [2.24, 2.45) is 0 Å². The van der Waals surface area contributed by atoms with Crippen molar-refractivity contribution in [3.63, 3.8) is 0 Å². The van der Waals surface area contributed by atoms with Crippen LogP contribution in [0.3, 0.4) is 0 Å². The zero-order valence-electron chi connectivity index (χ0n) is 10.1. The van der Waals surface area contributed by atoms with Gasteiger partial charge in [0.1, 0.15) is 0 Å². The number of benzene rings is 1. The first-order valence-electron chi connectivity index (χ1n) is 5.65. The summed E-state index contributed by atoms with van der Waals surface area (Å²) in [7, 11) is 0. The molecule has 0 saturated heterocycles. The Balaban J connectivity index is 1.89. The number of halogens is 1. The standard InChI is InChI=1S/C14H16BrNS/c1-10-5-11(2)7-12(6-10)8-16-9-13-3-4-14(15)17-13/h3-7,16H,8-9H2,1-2H3. The molecule has 0 amide bonds. The predicted molar refractivity (Wildman–Crippen MR) is 78.5 cm³/mol. The minimum atomic E-state index is 0.929. The molecular formula is C14H16BrNS. The van der Waals surface area contributed by atoms with E-state index in [0.29, 0.717) is 0 Å². The van der Waals surface area contributed by atoms with E-state index < -0.39 is 0 Å². The molecular weight excluding hydrogens is 294 g/mol. The second-order valence-electron chi connectivity index (χ2n) is 4.31. The van der Waals surface area contributed by atoms with Gasteiger partial charge < -0.3 is 5.32 Å². The fourth-order valence-electron chi connectivity index (χ4n) is 1.95. The van der Waals surface area contributed by atoms with Crippen molar-refractivity contribution in [1.29, 1.82) is 0 Å². The number of nitrogens with one attached hydrogen (secondary N) is 1. The quantitative estimate of drug-likeness (QED) is 0.881. The largest absolute Gasteiger partial charge is 0.308 e. The molecule has 17 heavy (non-hydrogen) atoms. The summed E-state index contributed by atoms with van der Waals surface area (Å²) < 4.78 is 1.20. The zero-order chi connectivity index (χ0) is 12.3. The molecule has 0 aliphatic rings. The van der Waals surface area contributed by atoms with Crippen LogP contribution in [0.1, 0.15) is 21.6 Å². The van der Waals surface area contributed by atoms with Gasteiger partial charge in [-0.3, -0.25) is 0 Å². The number of thiophene rings is 1. The lowest BCUT2D eigenvalue weighted by Crippen LogP contribution is -2.11. The first-order chi connectivity index (χ1) is 8.13. The first-order valence-corrected chi connectivity index (χ1v) is 7.26. The van der Waals surface area contributed by atoms with E-state index in [9.17, 15) is 0 Å². The van der Waals surface area contributed by atoms with Crippen molar-refractivity contribution in [3.05, 3.63) is 55.7 Å². The Kier molecular flexibility index (Phi) is 4.37. The minimum absolute atomic E-state index is 0.929. The first kappa shape index (κ1) is 12.8. The number of hydrogen-bond acceptors (Lipinski definition) is 2. The van der Waals surface area contributed by atoms with Crippen LogP contribution < -0.4 is 5.32 Å². The maximum absolute atomic E-state index is 3.48. The molecule has 0 aliphatic heterocycles. The molecule has 0 bridgehead atoms. The highest BCUT2D eigenvalue weighted by Gasteiger charge is 1.99. The second-order valence-corrected chi connectivity index (χ2v) is 6.85. The molecule has 90 valence electrons. The molecule has 1 aromatic heterocycles. The molecule has 2 aromatic rings. The van der Waals surface area contributed by atoms with E-state index in [0.717, 1.165) is 13.1 Å². The summed E-state index contributed by atoms with van der Waals surface area (Å²) in [6.45, 7) is 6.15. The minimum Gasteiger partial charge on any atom is -0.308 e. The van der Waals surface area contributed by atoms with E-state index >= 15 is 0 Å². The second kappa shape index (κ2) is 5.80. The summed E-state index contributed by atoms with van der Waals surface area (Å²) in [6.07, 6.45) is 0. The lowest BCUT2D eigenvalue weighted by molar-refractivity contribution is 0.700. The lowest BCUT2D eigenvalue weighted by atomic mass is 10.1. The van der Waals surface area contributed by atoms with Crippen LogP contribution in [-0.4, -0.2) is 0 Å². The fraction of sp³-hybridized carbons (Fsp3) is 0.286. The van der Waals surface area contributed by atoms with Crippen molar-refractivity contribution in [3.8, 4) is 0 Å². The number of rotatable bonds is 4. The third-order valence-electron chi connectivity index (χ3n) is 2.54. The van der Waals surface area contributed by atoms with Crippen LogP contribution in [-0.2, 0) is 13.1 Å².